The molecule has 0 heterocycles. The summed E-state index contributed by atoms with van der Waals surface area (Å²) in [6, 6.07) is 0. The van der Waals surface area contributed by atoms with Crippen LogP contribution in [0.5, 0.6) is 0 Å². The van der Waals surface area contributed by atoms with Crippen molar-refractivity contribution in [2.75, 3.05) is 47.5 Å². The number of unbranched alkanes of at least 4 members (excludes halogenated alkanes) is 18. The van der Waals surface area contributed by atoms with E-state index in [1.807, 2.05) is 21.1 Å². The Morgan fingerprint density at radius 1 is 0.542 bits per heavy atom. The van der Waals surface area contributed by atoms with E-state index in [0.29, 0.717) is 17.4 Å². The number of allylic oxidation sites excluding steroid dienone is 10. The summed E-state index contributed by atoms with van der Waals surface area (Å²) < 4.78 is 34.3. The van der Waals surface area contributed by atoms with E-state index in [1.165, 1.54) is 64.2 Å². The highest BCUT2D eigenvalue weighted by atomic mass is 31.2. The minimum Gasteiger partial charge on any atom is -0.462 e. The molecule has 0 aliphatic heterocycles. The number of quaternary nitrogens is 1. The van der Waals surface area contributed by atoms with E-state index in [2.05, 4.69) is 74.6 Å². The van der Waals surface area contributed by atoms with Gasteiger partial charge in [0.2, 0.25) is 0 Å². The van der Waals surface area contributed by atoms with Gasteiger partial charge >= 0.3 is 19.8 Å². The molecule has 0 aromatic heterocycles. The molecule has 0 aromatic carbocycles. The molecular formula is C49H89NO8P+. The van der Waals surface area contributed by atoms with Crippen LogP contribution in [0.15, 0.2) is 60.8 Å². The molecule has 0 radical (unpaired) electrons. The highest BCUT2D eigenvalue weighted by molar-refractivity contribution is 7.47. The maximum absolute atomic E-state index is 12.7. The summed E-state index contributed by atoms with van der Waals surface area (Å²) in [5, 5.41) is 0. The molecule has 0 spiro atoms. The third-order valence-corrected chi connectivity index (χ3v) is 10.7. The van der Waals surface area contributed by atoms with E-state index in [1.54, 1.807) is 0 Å². The van der Waals surface area contributed by atoms with Gasteiger partial charge in [0.05, 0.1) is 27.7 Å². The first-order chi connectivity index (χ1) is 28.5. The molecule has 0 aromatic rings. The highest BCUT2D eigenvalue weighted by Crippen LogP contribution is 2.43. The Morgan fingerprint density at radius 2 is 0.966 bits per heavy atom. The lowest BCUT2D eigenvalue weighted by molar-refractivity contribution is -0.870. The molecule has 0 saturated carbocycles. The lowest BCUT2D eigenvalue weighted by atomic mass is 10.0. The second-order valence-corrected chi connectivity index (χ2v) is 18.2. The average molecular weight is 851 g/mol. The molecule has 59 heavy (non-hydrogen) atoms. The van der Waals surface area contributed by atoms with Crippen molar-refractivity contribution in [2.24, 2.45) is 0 Å². The second-order valence-electron chi connectivity index (χ2n) is 16.8. The van der Waals surface area contributed by atoms with Crippen LogP contribution in [-0.4, -0.2) is 74.9 Å². The van der Waals surface area contributed by atoms with Crippen molar-refractivity contribution in [3.8, 4) is 0 Å². The molecule has 0 bridgehead atoms. The van der Waals surface area contributed by atoms with E-state index in [0.717, 1.165) is 89.9 Å². The van der Waals surface area contributed by atoms with Gasteiger partial charge in [-0.1, -0.05) is 164 Å². The van der Waals surface area contributed by atoms with E-state index in [-0.39, 0.29) is 32.0 Å². The fraction of sp³-hybridized carbons (Fsp3) is 0.755. The molecule has 0 aliphatic carbocycles. The van der Waals surface area contributed by atoms with Crippen LogP contribution in [0.4, 0.5) is 0 Å². The highest BCUT2D eigenvalue weighted by Gasteiger charge is 2.27. The fourth-order valence-corrected chi connectivity index (χ4v) is 6.87. The van der Waals surface area contributed by atoms with Gasteiger partial charge in [-0.05, 0) is 70.6 Å². The summed E-state index contributed by atoms with van der Waals surface area (Å²) in [6.45, 7) is 4.23. The lowest BCUT2D eigenvalue weighted by Crippen LogP contribution is -2.37. The standard InChI is InChI=1S/C49H88NO8P/c1-6-8-10-12-14-16-18-19-20-21-22-23-24-25-26-27-28-29-30-31-32-34-36-38-40-42-49(52)58-47(46-57-59(53,54)56-44-43-50(3,4)5)45-55-48(51)41-39-37-35-33-17-15-13-11-9-7-2/h8,10-11,13-14,16,19-20,22-23,47H,6-7,9,12,15,17-18,21,24-46H2,1-5H3/p+1/b10-8-,13-11-,16-14-,20-19-,23-22-. The number of carbonyl (C=O) groups is 2. The molecular weight excluding hydrogens is 762 g/mol. The number of esters is 2. The fourth-order valence-electron chi connectivity index (χ4n) is 6.12. The van der Waals surface area contributed by atoms with Crippen molar-refractivity contribution in [3.63, 3.8) is 0 Å². The average Bonchev–Trinajstić information content (AvgIpc) is 3.19. The smallest absolute Gasteiger partial charge is 0.462 e. The molecule has 0 fully saturated rings. The minimum absolute atomic E-state index is 0.0283. The van der Waals surface area contributed by atoms with Gasteiger partial charge in [0.25, 0.3) is 0 Å². The zero-order valence-corrected chi connectivity index (χ0v) is 39.4. The van der Waals surface area contributed by atoms with Crippen molar-refractivity contribution in [1.29, 1.82) is 0 Å². The maximum atomic E-state index is 12.7. The Kier molecular flexibility index (Phi) is 39.5. The molecule has 9 nitrogen and oxygen atoms in total. The van der Waals surface area contributed by atoms with E-state index < -0.39 is 26.5 Å². The number of ether oxygens (including phenoxy) is 2. The molecule has 342 valence electrons. The molecule has 2 atom stereocenters. The molecule has 0 saturated heterocycles. The van der Waals surface area contributed by atoms with Gasteiger partial charge in [0.15, 0.2) is 6.10 Å². The molecule has 0 amide bonds. The van der Waals surface area contributed by atoms with Gasteiger partial charge in [-0.2, -0.15) is 0 Å². The van der Waals surface area contributed by atoms with Crippen molar-refractivity contribution in [3.05, 3.63) is 60.8 Å². The quantitative estimate of drug-likeness (QED) is 0.0213. The molecule has 10 heteroatoms. The first-order valence-corrected chi connectivity index (χ1v) is 25.0. The van der Waals surface area contributed by atoms with Gasteiger partial charge in [-0.25, -0.2) is 4.57 Å². The Balaban J connectivity index is 4.19. The summed E-state index contributed by atoms with van der Waals surface area (Å²) in [5.74, 6) is -0.815. The first kappa shape index (κ1) is 56.7. The third kappa shape index (κ3) is 45.1. The van der Waals surface area contributed by atoms with Gasteiger partial charge in [-0.3, -0.25) is 18.6 Å². The van der Waals surface area contributed by atoms with E-state index >= 15 is 0 Å². The Morgan fingerprint density at radius 3 is 1.46 bits per heavy atom. The second kappa shape index (κ2) is 41.1. The number of phosphoric acid groups is 1. The summed E-state index contributed by atoms with van der Waals surface area (Å²) in [6.07, 6.45) is 50.0. The molecule has 0 aliphatic rings. The lowest BCUT2D eigenvalue weighted by Gasteiger charge is -2.24. The number of hydrogen-bond donors (Lipinski definition) is 1. The summed E-state index contributed by atoms with van der Waals surface area (Å²) >= 11 is 0. The molecule has 0 rings (SSSR count). The van der Waals surface area contributed by atoms with Crippen LogP contribution in [0.1, 0.15) is 187 Å². The van der Waals surface area contributed by atoms with Gasteiger partial charge < -0.3 is 18.9 Å². The van der Waals surface area contributed by atoms with Crippen LogP contribution in [0, 0.1) is 0 Å². The molecule has 2 unspecified atom stereocenters. The van der Waals surface area contributed by atoms with Crippen LogP contribution in [0.3, 0.4) is 0 Å². The van der Waals surface area contributed by atoms with Gasteiger partial charge in [0.1, 0.15) is 19.8 Å². The van der Waals surface area contributed by atoms with E-state index in [4.69, 9.17) is 18.5 Å². The largest absolute Gasteiger partial charge is 0.472 e. The SMILES string of the molecule is CC/C=C\C/C=C\C/C=C\C/C=C\CCCCCCCCCCCCCCC(=O)OC(COC(=O)CCCCCCC/C=C\CCC)COP(=O)(O)OCC[N+](C)(C)C. The summed E-state index contributed by atoms with van der Waals surface area (Å²) in [5.41, 5.74) is 0. The number of likely N-dealkylation sites (N-methyl/N-ethyl adjacent to an activating group) is 1. The Hall–Kier alpha value is -2.29. The van der Waals surface area contributed by atoms with Crippen molar-refractivity contribution < 1.29 is 42.1 Å². The third-order valence-electron chi connectivity index (χ3n) is 9.76. The number of hydrogen-bond acceptors (Lipinski definition) is 7. The van der Waals surface area contributed by atoms with Crippen LogP contribution in [-0.2, 0) is 32.7 Å². The Bertz CT molecular complexity index is 1190. The van der Waals surface area contributed by atoms with Crippen LogP contribution in [0.25, 0.3) is 0 Å². The van der Waals surface area contributed by atoms with Crippen LogP contribution in [0.2, 0.25) is 0 Å². The van der Waals surface area contributed by atoms with Gasteiger partial charge in [-0.15, -0.1) is 0 Å². The first-order valence-electron chi connectivity index (χ1n) is 23.5. The number of rotatable bonds is 42. The van der Waals surface area contributed by atoms with Crippen LogP contribution >= 0.6 is 7.82 Å². The number of nitrogens with zero attached hydrogens (tertiary/aromatic N) is 1. The molecule has 1 N–H and O–H groups in total. The van der Waals surface area contributed by atoms with E-state index in [9.17, 15) is 19.0 Å². The normalized spacial score (nSPS) is 14.1. The van der Waals surface area contributed by atoms with Crippen molar-refractivity contribution in [1.82, 2.24) is 0 Å². The monoisotopic (exact) mass is 851 g/mol. The van der Waals surface area contributed by atoms with Gasteiger partial charge in [0, 0.05) is 12.8 Å². The number of carbonyl (C=O) groups excluding carboxylic acids is 2. The number of phosphoric ester groups is 1. The van der Waals surface area contributed by atoms with Crippen molar-refractivity contribution in [2.45, 2.75) is 193 Å². The topological polar surface area (TPSA) is 108 Å². The predicted molar refractivity (Wildman–Crippen MR) is 247 cm³/mol. The van der Waals surface area contributed by atoms with Crippen molar-refractivity contribution >= 4 is 19.8 Å². The van der Waals surface area contributed by atoms with Crippen LogP contribution < -0.4 is 0 Å². The zero-order chi connectivity index (χ0) is 43.6. The summed E-state index contributed by atoms with van der Waals surface area (Å²) in [4.78, 5) is 35.3. The minimum atomic E-state index is -4.38. The zero-order valence-electron chi connectivity index (χ0n) is 38.5. The summed E-state index contributed by atoms with van der Waals surface area (Å²) in [7, 11) is 1.46. The Labute approximate surface area is 362 Å². The maximum Gasteiger partial charge on any atom is 0.472 e. The predicted octanol–water partition coefficient (Wildman–Crippen LogP) is 13.6.